The van der Waals surface area contributed by atoms with Crippen molar-refractivity contribution in [2.75, 3.05) is 6.54 Å². The molecule has 1 aromatic rings. The lowest BCUT2D eigenvalue weighted by Crippen LogP contribution is -2.44. The molecule has 0 heterocycles. The first kappa shape index (κ1) is 14.4. The van der Waals surface area contributed by atoms with Gasteiger partial charge in [0.2, 0.25) is 0 Å². The molecule has 110 valence electrons. The Hall–Kier alpha value is -0.530. The Labute approximate surface area is 128 Å². The largest absolute Gasteiger partial charge is 0.312 e. The molecule has 2 fully saturated rings. The number of fused-ring (bicyclic) bond motifs is 1. The predicted octanol–water partition coefficient (Wildman–Crippen LogP) is 4.69. The van der Waals surface area contributed by atoms with Crippen molar-refractivity contribution < 1.29 is 0 Å². The van der Waals surface area contributed by atoms with Crippen LogP contribution >= 0.6 is 11.6 Å². The van der Waals surface area contributed by atoms with Crippen LogP contribution in [0, 0.1) is 17.3 Å². The summed E-state index contributed by atoms with van der Waals surface area (Å²) in [5.74, 6) is 2.04. The highest BCUT2D eigenvalue weighted by molar-refractivity contribution is 6.30. The van der Waals surface area contributed by atoms with E-state index in [1.807, 2.05) is 12.1 Å². The van der Waals surface area contributed by atoms with Crippen molar-refractivity contribution in [2.45, 2.75) is 52.0 Å². The van der Waals surface area contributed by atoms with Gasteiger partial charge in [-0.3, -0.25) is 0 Å². The summed E-state index contributed by atoms with van der Waals surface area (Å²) in [5, 5.41) is 4.59. The van der Waals surface area contributed by atoms with Crippen LogP contribution in [0.4, 0.5) is 0 Å². The fraction of sp³-hybridized carbons (Fsp3) is 0.667. The molecule has 0 saturated heterocycles. The topological polar surface area (TPSA) is 12.0 Å². The van der Waals surface area contributed by atoms with Crippen LogP contribution in [-0.2, 0) is 6.42 Å². The zero-order valence-electron chi connectivity index (χ0n) is 12.9. The fourth-order valence-corrected chi connectivity index (χ4v) is 3.97. The molecule has 0 amide bonds. The molecule has 2 atom stereocenters. The van der Waals surface area contributed by atoms with E-state index in [2.05, 4.69) is 38.2 Å². The quantitative estimate of drug-likeness (QED) is 0.849. The zero-order valence-corrected chi connectivity index (χ0v) is 13.6. The molecular formula is C18H26ClN. The SMILES string of the molecule is CC(C)(C)NCC1(Cc2ccc(Cl)cc2)CC2CC2C1. The maximum Gasteiger partial charge on any atom is 0.0406 e. The minimum Gasteiger partial charge on any atom is -0.312 e. The van der Waals surface area contributed by atoms with Gasteiger partial charge in [0.25, 0.3) is 0 Å². The average molecular weight is 292 g/mol. The van der Waals surface area contributed by atoms with Crippen molar-refractivity contribution in [3.63, 3.8) is 0 Å². The molecule has 2 unspecified atom stereocenters. The maximum atomic E-state index is 6.00. The third-order valence-electron chi connectivity index (χ3n) is 4.95. The van der Waals surface area contributed by atoms with E-state index >= 15 is 0 Å². The molecule has 0 aromatic heterocycles. The minimum absolute atomic E-state index is 0.208. The first-order chi connectivity index (χ1) is 9.35. The van der Waals surface area contributed by atoms with Crippen LogP contribution in [0.2, 0.25) is 5.02 Å². The normalized spacial score (nSPS) is 32.2. The van der Waals surface area contributed by atoms with Gasteiger partial charge in [0.1, 0.15) is 0 Å². The molecule has 1 aromatic carbocycles. The molecule has 2 aliphatic rings. The third-order valence-corrected chi connectivity index (χ3v) is 5.20. The van der Waals surface area contributed by atoms with E-state index < -0.39 is 0 Å². The van der Waals surface area contributed by atoms with Crippen LogP contribution < -0.4 is 5.32 Å². The second-order valence-corrected chi connectivity index (χ2v) is 8.51. The highest BCUT2D eigenvalue weighted by atomic mass is 35.5. The summed E-state index contributed by atoms with van der Waals surface area (Å²) < 4.78 is 0. The lowest BCUT2D eigenvalue weighted by atomic mass is 9.77. The number of benzene rings is 1. The first-order valence-electron chi connectivity index (χ1n) is 7.85. The fourth-order valence-electron chi connectivity index (χ4n) is 3.85. The summed E-state index contributed by atoms with van der Waals surface area (Å²) in [6.45, 7) is 7.93. The van der Waals surface area contributed by atoms with Gasteiger partial charge in [0.15, 0.2) is 0 Å². The molecular weight excluding hydrogens is 266 g/mol. The van der Waals surface area contributed by atoms with Crippen molar-refractivity contribution >= 4 is 11.6 Å². The minimum atomic E-state index is 0.208. The summed E-state index contributed by atoms with van der Waals surface area (Å²) >= 11 is 6.00. The van der Waals surface area contributed by atoms with Gasteiger partial charge in [-0.25, -0.2) is 0 Å². The van der Waals surface area contributed by atoms with Crippen LogP contribution in [0.25, 0.3) is 0 Å². The van der Waals surface area contributed by atoms with Gasteiger partial charge >= 0.3 is 0 Å². The molecule has 0 aliphatic heterocycles. The van der Waals surface area contributed by atoms with E-state index in [9.17, 15) is 0 Å². The zero-order chi connectivity index (χ0) is 14.4. The molecule has 2 saturated carbocycles. The Morgan fingerprint density at radius 1 is 1.15 bits per heavy atom. The van der Waals surface area contributed by atoms with Crippen molar-refractivity contribution in [1.82, 2.24) is 5.32 Å². The summed E-state index contributed by atoms with van der Waals surface area (Å²) in [6, 6.07) is 8.45. The van der Waals surface area contributed by atoms with E-state index in [1.54, 1.807) is 0 Å². The predicted molar refractivity (Wildman–Crippen MR) is 86.2 cm³/mol. The van der Waals surface area contributed by atoms with Gasteiger partial charge in [0, 0.05) is 17.1 Å². The van der Waals surface area contributed by atoms with Gasteiger partial charge < -0.3 is 5.32 Å². The summed E-state index contributed by atoms with van der Waals surface area (Å²) in [4.78, 5) is 0. The number of rotatable bonds is 4. The second kappa shape index (κ2) is 5.03. The number of nitrogens with one attached hydrogen (secondary N) is 1. The molecule has 1 N–H and O–H groups in total. The van der Waals surface area contributed by atoms with Gasteiger partial charge in [-0.15, -0.1) is 0 Å². The van der Waals surface area contributed by atoms with Gasteiger partial charge in [-0.1, -0.05) is 23.7 Å². The van der Waals surface area contributed by atoms with E-state index in [0.717, 1.165) is 23.4 Å². The lowest BCUT2D eigenvalue weighted by molar-refractivity contribution is 0.222. The smallest absolute Gasteiger partial charge is 0.0406 e. The number of hydrogen-bond acceptors (Lipinski definition) is 1. The molecule has 0 spiro atoms. The summed E-state index contributed by atoms with van der Waals surface area (Å²) in [7, 11) is 0. The standard InChI is InChI=1S/C18H26ClN/c1-17(2,3)20-12-18(10-14-8-15(14)11-18)9-13-4-6-16(19)7-5-13/h4-7,14-15,20H,8-12H2,1-3H3. The Morgan fingerprint density at radius 2 is 1.75 bits per heavy atom. The van der Waals surface area contributed by atoms with Gasteiger partial charge in [-0.05, 0) is 81.4 Å². The summed E-state index contributed by atoms with van der Waals surface area (Å²) in [6.07, 6.45) is 5.49. The van der Waals surface area contributed by atoms with Crippen molar-refractivity contribution in [1.29, 1.82) is 0 Å². The van der Waals surface area contributed by atoms with Crippen LogP contribution in [0.1, 0.15) is 45.6 Å². The highest BCUT2D eigenvalue weighted by Gasteiger charge is 2.53. The average Bonchev–Trinajstić information content (AvgIpc) is 2.98. The van der Waals surface area contributed by atoms with Crippen molar-refractivity contribution in [3.8, 4) is 0 Å². The monoisotopic (exact) mass is 291 g/mol. The molecule has 3 rings (SSSR count). The molecule has 20 heavy (non-hydrogen) atoms. The Kier molecular flexibility index (Phi) is 3.63. The van der Waals surface area contributed by atoms with Crippen molar-refractivity contribution in [2.24, 2.45) is 17.3 Å². The summed E-state index contributed by atoms with van der Waals surface area (Å²) in [5.41, 5.74) is 2.11. The van der Waals surface area contributed by atoms with Crippen LogP contribution in [0.15, 0.2) is 24.3 Å². The lowest BCUT2D eigenvalue weighted by Gasteiger charge is -2.35. The number of halogens is 1. The van der Waals surface area contributed by atoms with E-state index in [1.165, 1.54) is 31.2 Å². The van der Waals surface area contributed by atoms with E-state index in [4.69, 9.17) is 11.6 Å². The van der Waals surface area contributed by atoms with Crippen LogP contribution in [0.5, 0.6) is 0 Å². The molecule has 1 nitrogen and oxygen atoms in total. The van der Waals surface area contributed by atoms with Gasteiger partial charge in [-0.2, -0.15) is 0 Å². The molecule has 0 bridgehead atoms. The Morgan fingerprint density at radius 3 is 2.30 bits per heavy atom. The maximum absolute atomic E-state index is 6.00. The van der Waals surface area contributed by atoms with Gasteiger partial charge in [0.05, 0.1) is 0 Å². The first-order valence-corrected chi connectivity index (χ1v) is 8.23. The Balaban J connectivity index is 1.71. The van der Waals surface area contributed by atoms with Crippen LogP contribution in [-0.4, -0.2) is 12.1 Å². The van der Waals surface area contributed by atoms with E-state index in [0.29, 0.717) is 5.41 Å². The highest BCUT2D eigenvalue weighted by Crippen LogP contribution is 2.60. The van der Waals surface area contributed by atoms with Crippen LogP contribution in [0.3, 0.4) is 0 Å². The van der Waals surface area contributed by atoms with Crippen molar-refractivity contribution in [3.05, 3.63) is 34.9 Å². The number of hydrogen-bond donors (Lipinski definition) is 1. The molecule has 2 aliphatic carbocycles. The Bertz CT molecular complexity index is 461. The van der Waals surface area contributed by atoms with E-state index in [-0.39, 0.29) is 5.54 Å². The molecule has 0 radical (unpaired) electrons. The third kappa shape index (κ3) is 3.38. The second-order valence-electron chi connectivity index (χ2n) is 8.07. The molecule has 2 heteroatoms.